The fourth-order valence-corrected chi connectivity index (χ4v) is 1.57. The zero-order chi connectivity index (χ0) is 12.2. The highest BCUT2D eigenvalue weighted by Gasteiger charge is 2.10. The number of hydrogen-bond acceptors (Lipinski definition) is 2. The average Bonchev–Trinajstić information content (AvgIpc) is 2.14. The SMILES string of the molecule is CC(C)(C)NC(=S)NCc1ccc(Cl)nc1. The predicted molar refractivity (Wildman–Crippen MR) is 71.6 cm³/mol. The summed E-state index contributed by atoms with van der Waals surface area (Å²) in [4.78, 5) is 3.99. The molecule has 0 aromatic carbocycles. The minimum Gasteiger partial charge on any atom is -0.359 e. The van der Waals surface area contributed by atoms with Crippen LogP contribution in [0.5, 0.6) is 0 Å². The lowest BCUT2D eigenvalue weighted by atomic mass is 10.1. The number of aromatic nitrogens is 1. The molecule has 0 unspecified atom stereocenters. The Bertz CT molecular complexity index is 356. The van der Waals surface area contributed by atoms with E-state index in [0.717, 1.165) is 5.56 Å². The molecule has 0 spiro atoms. The molecule has 88 valence electrons. The van der Waals surface area contributed by atoms with Crippen LogP contribution in [-0.4, -0.2) is 15.6 Å². The van der Waals surface area contributed by atoms with E-state index in [-0.39, 0.29) is 5.54 Å². The van der Waals surface area contributed by atoms with Crippen molar-refractivity contribution in [2.24, 2.45) is 0 Å². The molecule has 1 rings (SSSR count). The van der Waals surface area contributed by atoms with E-state index in [1.165, 1.54) is 0 Å². The van der Waals surface area contributed by atoms with E-state index >= 15 is 0 Å². The van der Waals surface area contributed by atoms with E-state index in [1.54, 1.807) is 12.3 Å². The highest BCUT2D eigenvalue weighted by atomic mass is 35.5. The number of thiocarbonyl (C=S) groups is 1. The lowest BCUT2D eigenvalue weighted by Gasteiger charge is -2.23. The summed E-state index contributed by atoms with van der Waals surface area (Å²) in [5.41, 5.74) is 1.02. The van der Waals surface area contributed by atoms with Crippen LogP contribution in [0.3, 0.4) is 0 Å². The number of pyridine rings is 1. The summed E-state index contributed by atoms with van der Waals surface area (Å²) in [5.74, 6) is 0. The highest BCUT2D eigenvalue weighted by Crippen LogP contribution is 2.05. The van der Waals surface area contributed by atoms with Gasteiger partial charge < -0.3 is 10.6 Å². The summed E-state index contributed by atoms with van der Waals surface area (Å²) in [7, 11) is 0. The Morgan fingerprint density at radius 3 is 2.62 bits per heavy atom. The molecule has 0 fully saturated rings. The monoisotopic (exact) mass is 257 g/mol. The number of nitrogens with zero attached hydrogens (tertiary/aromatic N) is 1. The second-order valence-corrected chi connectivity index (χ2v) is 5.34. The highest BCUT2D eigenvalue weighted by molar-refractivity contribution is 7.80. The van der Waals surface area contributed by atoms with Crippen molar-refractivity contribution in [3.05, 3.63) is 29.0 Å². The van der Waals surface area contributed by atoms with Gasteiger partial charge in [-0.05, 0) is 44.6 Å². The van der Waals surface area contributed by atoms with Crippen molar-refractivity contribution in [2.75, 3.05) is 0 Å². The van der Waals surface area contributed by atoms with E-state index in [0.29, 0.717) is 16.8 Å². The molecular weight excluding hydrogens is 242 g/mol. The summed E-state index contributed by atoms with van der Waals surface area (Å²) in [6.45, 7) is 6.83. The minimum absolute atomic E-state index is 0.0255. The van der Waals surface area contributed by atoms with Crippen LogP contribution in [0.4, 0.5) is 0 Å². The number of rotatable bonds is 2. The number of nitrogens with one attached hydrogen (secondary N) is 2. The van der Waals surface area contributed by atoms with Gasteiger partial charge in [0.25, 0.3) is 0 Å². The third kappa shape index (κ3) is 5.28. The summed E-state index contributed by atoms with van der Waals surface area (Å²) < 4.78 is 0. The van der Waals surface area contributed by atoms with Gasteiger partial charge in [0.1, 0.15) is 5.15 Å². The van der Waals surface area contributed by atoms with Crippen molar-refractivity contribution in [2.45, 2.75) is 32.9 Å². The number of hydrogen-bond donors (Lipinski definition) is 2. The van der Waals surface area contributed by atoms with E-state index in [1.807, 2.05) is 6.07 Å². The second kappa shape index (κ2) is 5.46. The maximum Gasteiger partial charge on any atom is 0.166 e. The van der Waals surface area contributed by atoms with Gasteiger partial charge in [-0.25, -0.2) is 4.98 Å². The molecule has 0 saturated heterocycles. The molecule has 0 saturated carbocycles. The van der Waals surface area contributed by atoms with Gasteiger partial charge in [-0.1, -0.05) is 17.7 Å². The molecule has 2 N–H and O–H groups in total. The molecular formula is C11H16ClN3S. The molecule has 1 aromatic heterocycles. The first-order valence-corrected chi connectivity index (χ1v) is 5.82. The van der Waals surface area contributed by atoms with Crippen molar-refractivity contribution in [1.29, 1.82) is 0 Å². The van der Waals surface area contributed by atoms with Crippen LogP contribution in [-0.2, 0) is 6.54 Å². The average molecular weight is 258 g/mol. The molecule has 0 atom stereocenters. The van der Waals surface area contributed by atoms with E-state index in [2.05, 4.69) is 36.4 Å². The van der Waals surface area contributed by atoms with Crippen LogP contribution >= 0.6 is 23.8 Å². The third-order valence-electron chi connectivity index (χ3n) is 1.73. The van der Waals surface area contributed by atoms with E-state index in [4.69, 9.17) is 23.8 Å². The first-order valence-electron chi connectivity index (χ1n) is 5.03. The molecule has 0 radical (unpaired) electrons. The first kappa shape index (κ1) is 13.2. The standard InChI is InChI=1S/C11H16ClN3S/c1-11(2,3)15-10(16)14-7-8-4-5-9(12)13-6-8/h4-6H,7H2,1-3H3,(H2,14,15,16). The Hall–Kier alpha value is -0.870. The zero-order valence-corrected chi connectivity index (χ0v) is 11.2. The molecule has 1 aromatic rings. The van der Waals surface area contributed by atoms with Gasteiger partial charge in [-0.2, -0.15) is 0 Å². The Balaban J connectivity index is 2.40. The van der Waals surface area contributed by atoms with Crippen LogP contribution in [0.2, 0.25) is 5.15 Å². The fourth-order valence-electron chi connectivity index (χ4n) is 1.08. The normalized spacial score (nSPS) is 11.0. The van der Waals surface area contributed by atoms with E-state index in [9.17, 15) is 0 Å². The van der Waals surface area contributed by atoms with Crippen molar-refractivity contribution >= 4 is 28.9 Å². The summed E-state index contributed by atoms with van der Waals surface area (Å²) in [6, 6.07) is 3.68. The minimum atomic E-state index is -0.0255. The summed E-state index contributed by atoms with van der Waals surface area (Å²) in [5, 5.41) is 7.43. The van der Waals surface area contributed by atoms with Gasteiger partial charge in [0.05, 0.1) is 0 Å². The number of halogens is 1. The largest absolute Gasteiger partial charge is 0.359 e. The zero-order valence-electron chi connectivity index (χ0n) is 9.67. The van der Waals surface area contributed by atoms with Crippen LogP contribution in [0.1, 0.15) is 26.3 Å². The molecule has 0 aliphatic heterocycles. The van der Waals surface area contributed by atoms with Gasteiger partial charge >= 0.3 is 0 Å². The lowest BCUT2D eigenvalue weighted by Crippen LogP contribution is -2.45. The second-order valence-electron chi connectivity index (χ2n) is 4.55. The molecule has 0 amide bonds. The molecule has 0 aliphatic rings. The Morgan fingerprint density at radius 1 is 1.44 bits per heavy atom. The Kier molecular flexibility index (Phi) is 4.50. The van der Waals surface area contributed by atoms with Crippen LogP contribution < -0.4 is 10.6 Å². The Morgan fingerprint density at radius 2 is 2.12 bits per heavy atom. The maximum atomic E-state index is 5.69. The smallest absolute Gasteiger partial charge is 0.166 e. The first-order chi connectivity index (χ1) is 7.37. The summed E-state index contributed by atoms with van der Waals surface area (Å²) >= 11 is 10.9. The molecule has 16 heavy (non-hydrogen) atoms. The van der Waals surface area contributed by atoms with Gasteiger partial charge in [-0.15, -0.1) is 0 Å². The van der Waals surface area contributed by atoms with Crippen LogP contribution in [0, 0.1) is 0 Å². The van der Waals surface area contributed by atoms with Crippen LogP contribution in [0.25, 0.3) is 0 Å². The van der Waals surface area contributed by atoms with Crippen molar-refractivity contribution in [1.82, 2.24) is 15.6 Å². The topological polar surface area (TPSA) is 37.0 Å². The summed E-state index contributed by atoms with van der Waals surface area (Å²) in [6.07, 6.45) is 1.73. The van der Waals surface area contributed by atoms with Gasteiger partial charge in [0.15, 0.2) is 5.11 Å². The molecule has 1 heterocycles. The van der Waals surface area contributed by atoms with Crippen molar-refractivity contribution in [3.63, 3.8) is 0 Å². The molecule has 0 aliphatic carbocycles. The fraction of sp³-hybridized carbons (Fsp3) is 0.455. The van der Waals surface area contributed by atoms with Crippen LogP contribution in [0.15, 0.2) is 18.3 Å². The third-order valence-corrected chi connectivity index (χ3v) is 2.20. The van der Waals surface area contributed by atoms with Crippen molar-refractivity contribution < 1.29 is 0 Å². The Labute approximate surface area is 107 Å². The lowest BCUT2D eigenvalue weighted by molar-refractivity contribution is 0.506. The van der Waals surface area contributed by atoms with Gasteiger partial charge in [-0.3, -0.25) is 0 Å². The van der Waals surface area contributed by atoms with Gasteiger partial charge in [0, 0.05) is 18.3 Å². The quantitative estimate of drug-likeness (QED) is 0.631. The molecule has 0 bridgehead atoms. The maximum absolute atomic E-state index is 5.69. The molecule has 5 heteroatoms. The van der Waals surface area contributed by atoms with E-state index < -0.39 is 0 Å². The molecule has 3 nitrogen and oxygen atoms in total. The van der Waals surface area contributed by atoms with Gasteiger partial charge in [0.2, 0.25) is 0 Å². The van der Waals surface area contributed by atoms with Crippen molar-refractivity contribution in [3.8, 4) is 0 Å². The predicted octanol–water partition coefficient (Wildman–Crippen LogP) is 2.50.